The van der Waals surface area contributed by atoms with Crippen LogP contribution in [0.3, 0.4) is 0 Å². The SMILES string of the molecule is C=CCCCCCN(C)C(=NC)NCC1(N2CCCCC2)CCN(C)CC1. The van der Waals surface area contributed by atoms with Gasteiger partial charge in [0.15, 0.2) is 5.96 Å². The zero-order valence-corrected chi connectivity index (χ0v) is 18.2. The lowest BCUT2D eigenvalue weighted by molar-refractivity contribution is 0.0170. The molecule has 156 valence electrons. The van der Waals surface area contributed by atoms with Crippen LogP contribution >= 0.6 is 0 Å². The van der Waals surface area contributed by atoms with Crippen molar-refractivity contribution < 1.29 is 0 Å². The van der Waals surface area contributed by atoms with E-state index in [2.05, 4.69) is 45.7 Å². The Bertz CT molecular complexity index is 448. The fraction of sp³-hybridized carbons (Fsp3) is 0.864. The summed E-state index contributed by atoms with van der Waals surface area (Å²) >= 11 is 0. The Morgan fingerprint density at radius 1 is 1.11 bits per heavy atom. The van der Waals surface area contributed by atoms with Crippen molar-refractivity contribution in [1.82, 2.24) is 20.0 Å². The second-order valence-corrected chi connectivity index (χ2v) is 8.54. The number of aliphatic imine (C=N–C) groups is 1. The van der Waals surface area contributed by atoms with Crippen LogP contribution < -0.4 is 5.32 Å². The van der Waals surface area contributed by atoms with Crippen molar-refractivity contribution >= 4 is 5.96 Å². The monoisotopic (exact) mass is 377 g/mol. The largest absolute Gasteiger partial charge is 0.354 e. The van der Waals surface area contributed by atoms with Crippen molar-refractivity contribution in [3.05, 3.63) is 12.7 Å². The number of rotatable bonds is 9. The molecule has 0 saturated carbocycles. The summed E-state index contributed by atoms with van der Waals surface area (Å²) in [6.07, 6.45) is 13.5. The summed E-state index contributed by atoms with van der Waals surface area (Å²) in [5.74, 6) is 1.05. The van der Waals surface area contributed by atoms with Crippen LogP contribution in [0.4, 0.5) is 0 Å². The summed E-state index contributed by atoms with van der Waals surface area (Å²) in [5.41, 5.74) is 0.299. The molecule has 27 heavy (non-hydrogen) atoms. The average molecular weight is 378 g/mol. The normalized spacial score (nSPS) is 21.8. The number of allylic oxidation sites excluding steroid dienone is 1. The summed E-state index contributed by atoms with van der Waals surface area (Å²) in [7, 11) is 6.34. The van der Waals surface area contributed by atoms with Gasteiger partial charge in [0.1, 0.15) is 0 Å². The van der Waals surface area contributed by atoms with E-state index in [0.29, 0.717) is 5.54 Å². The highest BCUT2D eigenvalue weighted by molar-refractivity contribution is 5.79. The van der Waals surface area contributed by atoms with E-state index < -0.39 is 0 Å². The fourth-order valence-electron chi connectivity index (χ4n) is 4.56. The van der Waals surface area contributed by atoms with Gasteiger partial charge < -0.3 is 15.1 Å². The molecule has 5 heteroatoms. The first-order chi connectivity index (χ1) is 13.1. The number of hydrogen-bond donors (Lipinski definition) is 1. The number of likely N-dealkylation sites (tertiary alicyclic amines) is 2. The van der Waals surface area contributed by atoms with E-state index in [9.17, 15) is 0 Å². The lowest BCUT2D eigenvalue weighted by Gasteiger charge is -2.50. The highest BCUT2D eigenvalue weighted by atomic mass is 15.3. The molecule has 2 aliphatic heterocycles. The topological polar surface area (TPSA) is 34.1 Å². The third-order valence-corrected chi connectivity index (χ3v) is 6.50. The summed E-state index contributed by atoms with van der Waals surface area (Å²) in [5, 5.41) is 3.74. The predicted molar refractivity (Wildman–Crippen MR) is 118 cm³/mol. The van der Waals surface area contributed by atoms with E-state index in [-0.39, 0.29) is 0 Å². The van der Waals surface area contributed by atoms with Gasteiger partial charge in [-0.1, -0.05) is 18.9 Å². The van der Waals surface area contributed by atoms with Gasteiger partial charge in [-0.2, -0.15) is 0 Å². The fourth-order valence-corrected chi connectivity index (χ4v) is 4.56. The number of nitrogens with one attached hydrogen (secondary N) is 1. The van der Waals surface area contributed by atoms with Gasteiger partial charge in [0, 0.05) is 32.7 Å². The molecule has 2 saturated heterocycles. The maximum Gasteiger partial charge on any atom is 0.193 e. The van der Waals surface area contributed by atoms with Crippen molar-refractivity contribution in [2.24, 2.45) is 4.99 Å². The Morgan fingerprint density at radius 2 is 1.81 bits per heavy atom. The van der Waals surface area contributed by atoms with E-state index in [4.69, 9.17) is 0 Å². The average Bonchev–Trinajstić information content (AvgIpc) is 2.70. The molecule has 0 aromatic carbocycles. The van der Waals surface area contributed by atoms with Crippen molar-refractivity contribution in [3.63, 3.8) is 0 Å². The van der Waals surface area contributed by atoms with Gasteiger partial charge in [0.2, 0.25) is 0 Å². The molecule has 0 amide bonds. The minimum Gasteiger partial charge on any atom is -0.354 e. The highest BCUT2D eigenvalue weighted by Gasteiger charge is 2.39. The third-order valence-electron chi connectivity index (χ3n) is 6.50. The van der Waals surface area contributed by atoms with Crippen LogP contribution in [0.1, 0.15) is 57.8 Å². The first-order valence-electron chi connectivity index (χ1n) is 11.1. The van der Waals surface area contributed by atoms with E-state index in [0.717, 1.165) is 25.5 Å². The summed E-state index contributed by atoms with van der Waals surface area (Å²) in [6.45, 7) is 10.8. The van der Waals surface area contributed by atoms with Crippen LogP contribution in [-0.4, -0.2) is 86.6 Å². The van der Waals surface area contributed by atoms with Gasteiger partial charge in [-0.15, -0.1) is 6.58 Å². The van der Waals surface area contributed by atoms with Gasteiger partial charge in [0.25, 0.3) is 0 Å². The number of nitrogens with zero attached hydrogens (tertiary/aromatic N) is 4. The Morgan fingerprint density at radius 3 is 2.44 bits per heavy atom. The molecule has 0 aromatic rings. The highest BCUT2D eigenvalue weighted by Crippen LogP contribution is 2.30. The van der Waals surface area contributed by atoms with Gasteiger partial charge in [0.05, 0.1) is 0 Å². The van der Waals surface area contributed by atoms with E-state index in [1.54, 1.807) is 0 Å². The van der Waals surface area contributed by atoms with Crippen molar-refractivity contribution in [3.8, 4) is 0 Å². The number of piperidine rings is 2. The van der Waals surface area contributed by atoms with Crippen LogP contribution in [0.25, 0.3) is 0 Å². The third kappa shape index (κ3) is 6.79. The zero-order valence-electron chi connectivity index (χ0n) is 18.2. The lowest BCUT2D eigenvalue weighted by Crippen LogP contribution is -2.62. The van der Waals surface area contributed by atoms with Gasteiger partial charge in [-0.05, 0) is 78.2 Å². The molecular weight excluding hydrogens is 334 g/mol. The van der Waals surface area contributed by atoms with Crippen molar-refractivity contribution in [1.29, 1.82) is 0 Å². The number of guanidine groups is 1. The molecule has 2 heterocycles. The molecule has 1 N–H and O–H groups in total. The maximum atomic E-state index is 4.56. The molecule has 0 aromatic heterocycles. The quantitative estimate of drug-likeness (QED) is 0.290. The minimum absolute atomic E-state index is 0.299. The molecule has 2 rings (SSSR count). The van der Waals surface area contributed by atoms with Crippen molar-refractivity contribution in [2.45, 2.75) is 63.3 Å². The zero-order chi connectivity index (χ0) is 19.5. The van der Waals surface area contributed by atoms with Crippen molar-refractivity contribution in [2.75, 3.05) is 60.4 Å². The molecule has 0 atom stereocenters. The summed E-state index contributed by atoms with van der Waals surface area (Å²) in [6, 6.07) is 0. The van der Waals surface area contributed by atoms with Gasteiger partial charge in [-0.25, -0.2) is 0 Å². The minimum atomic E-state index is 0.299. The smallest absolute Gasteiger partial charge is 0.193 e. The standard InChI is InChI=1S/C22H43N5/c1-5-6-7-8-10-15-26(4)21(23-2)24-20-22(13-18-25(3)19-14-22)27-16-11-9-12-17-27/h5H,1,6-20H2,2-4H3,(H,23,24). The lowest BCUT2D eigenvalue weighted by atomic mass is 9.84. The van der Waals surface area contributed by atoms with E-state index in [1.165, 1.54) is 77.5 Å². The molecule has 0 aliphatic carbocycles. The van der Waals surface area contributed by atoms with Crippen LogP contribution in [0.15, 0.2) is 17.6 Å². The first-order valence-corrected chi connectivity index (χ1v) is 11.1. The van der Waals surface area contributed by atoms with Crippen LogP contribution in [0.2, 0.25) is 0 Å². The molecule has 2 aliphatic rings. The molecule has 0 spiro atoms. The first kappa shape index (κ1) is 22.2. The molecule has 0 radical (unpaired) electrons. The summed E-state index contributed by atoms with van der Waals surface area (Å²) in [4.78, 5) is 12.1. The maximum absolute atomic E-state index is 4.56. The molecule has 0 unspecified atom stereocenters. The Balaban J connectivity index is 1.88. The Hall–Kier alpha value is -1.07. The second-order valence-electron chi connectivity index (χ2n) is 8.54. The predicted octanol–water partition coefficient (Wildman–Crippen LogP) is 3.19. The number of hydrogen-bond acceptors (Lipinski definition) is 3. The number of unbranched alkanes of at least 4 members (excludes halogenated alkanes) is 3. The van der Waals surface area contributed by atoms with Crippen LogP contribution in [0, 0.1) is 0 Å². The summed E-state index contributed by atoms with van der Waals surface area (Å²) < 4.78 is 0. The van der Waals surface area contributed by atoms with Gasteiger partial charge in [-0.3, -0.25) is 9.89 Å². The van der Waals surface area contributed by atoms with Crippen LogP contribution in [0.5, 0.6) is 0 Å². The molecular formula is C22H43N5. The molecule has 0 bridgehead atoms. The Labute approximate surface area is 167 Å². The van der Waals surface area contributed by atoms with E-state index in [1.807, 2.05) is 13.1 Å². The van der Waals surface area contributed by atoms with Crippen LogP contribution in [-0.2, 0) is 0 Å². The van der Waals surface area contributed by atoms with E-state index >= 15 is 0 Å². The Kier molecular flexibility index (Phi) is 9.63. The second kappa shape index (κ2) is 11.7. The van der Waals surface area contributed by atoms with Gasteiger partial charge >= 0.3 is 0 Å². The molecule has 2 fully saturated rings. The molecule has 5 nitrogen and oxygen atoms in total.